The molecule has 0 saturated carbocycles. The maximum atomic E-state index is 13.4. The highest BCUT2D eigenvalue weighted by Crippen LogP contribution is 2.40. The first kappa shape index (κ1) is 12.6. The average molecular weight is 276 g/mol. The van der Waals surface area contributed by atoms with Crippen LogP contribution in [-0.4, -0.2) is 0 Å². The van der Waals surface area contributed by atoms with Gasteiger partial charge in [0.05, 0.1) is 5.02 Å². The molecular formula is C16H15ClFN. The molecule has 1 aliphatic carbocycles. The Morgan fingerprint density at radius 3 is 2.79 bits per heavy atom. The van der Waals surface area contributed by atoms with Crippen molar-refractivity contribution in [2.45, 2.75) is 24.8 Å². The molecule has 1 aliphatic rings. The van der Waals surface area contributed by atoms with E-state index in [0.29, 0.717) is 5.92 Å². The van der Waals surface area contributed by atoms with E-state index >= 15 is 0 Å². The molecule has 3 heteroatoms. The SMILES string of the molecule is NC(CC1Cc2ccccc21)c1ccc(Cl)c(F)c1. The number of halogens is 2. The second-order valence-corrected chi connectivity index (χ2v) is 5.52. The van der Waals surface area contributed by atoms with E-state index in [4.69, 9.17) is 17.3 Å². The van der Waals surface area contributed by atoms with Crippen LogP contribution >= 0.6 is 11.6 Å². The fourth-order valence-corrected chi connectivity index (χ4v) is 2.88. The average Bonchev–Trinajstić information content (AvgIpc) is 2.39. The molecule has 0 radical (unpaired) electrons. The summed E-state index contributed by atoms with van der Waals surface area (Å²) in [6.07, 6.45) is 1.91. The molecule has 0 fully saturated rings. The molecular weight excluding hydrogens is 261 g/mol. The molecule has 98 valence electrons. The van der Waals surface area contributed by atoms with Crippen molar-refractivity contribution in [3.63, 3.8) is 0 Å². The molecule has 0 aliphatic heterocycles. The van der Waals surface area contributed by atoms with E-state index in [1.165, 1.54) is 17.2 Å². The van der Waals surface area contributed by atoms with Crippen LogP contribution in [0.25, 0.3) is 0 Å². The number of rotatable bonds is 3. The molecule has 0 bridgehead atoms. The summed E-state index contributed by atoms with van der Waals surface area (Å²) in [7, 11) is 0. The second-order valence-electron chi connectivity index (χ2n) is 5.12. The molecule has 0 amide bonds. The Kier molecular flexibility index (Phi) is 3.29. The van der Waals surface area contributed by atoms with Crippen molar-refractivity contribution < 1.29 is 4.39 Å². The first-order valence-corrected chi connectivity index (χ1v) is 6.81. The molecule has 0 aromatic heterocycles. The summed E-state index contributed by atoms with van der Waals surface area (Å²) in [5.41, 5.74) is 9.77. The van der Waals surface area contributed by atoms with E-state index in [9.17, 15) is 4.39 Å². The summed E-state index contributed by atoms with van der Waals surface area (Å²) >= 11 is 5.68. The molecule has 19 heavy (non-hydrogen) atoms. The Morgan fingerprint density at radius 2 is 2.05 bits per heavy atom. The van der Waals surface area contributed by atoms with Gasteiger partial charge in [-0.2, -0.15) is 0 Å². The van der Waals surface area contributed by atoms with Crippen LogP contribution in [0, 0.1) is 5.82 Å². The van der Waals surface area contributed by atoms with Gasteiger partial charge in [-0.05, 0) is 47.6 Å². The lowest BCUT2D eigenvalue weighted by Crippen LogP contribution is -2.22. The lowest BCUT2D eigenvalue weighted by molar-refractivity contribution is 0.496. The number of benzene rings is 2. The van der Waals surface area contributed by atoms with Crippen molar-refractivity contribution in [2.75, 3.05) is 0 Å². The van der Waals surface area contributed by atoms with Crippen molar-refractivity contribution in [2.24, 2.45) is 5.73 Å². The highest BCUT2D eigenvalue weighted by atomic mass is 35.5. The minimum atomic E-state index is -0.399. The Balaban J connectivity index is 1.73. The van der Waals surface area contributed by atoms with Gasteiger partial charge in [-0.25, -0.2) is 4.39 Å². The van der Waals surface area contributed by atoms with Crippen LogP contribution in [0.2, 0.25) is 5.02 Å². The molecule has 1 nitrogen and oxygen atoms in total. The van der Waals surface area contributed by atoms with Gasteiger partial charge in [-0.3, -0.25) is 0 Å². The summed E-state index contributed by atoms with van der Waals surface area (Å²) in [6.45, 7) is 0. The van der Waals surface area contributed by atoms with E-state index in [1.54, 1.807) is 12.1 Å². The monoisotopic (exact) mass is 275 g/mol. The Labute approximate surface area is 117 Å². The van der Waals surface area contributed by atoms with E-state index in [1.807, 2.05) is 0 Å². The highest BCUT2D eigenvalue weighted by molar-refractivity contribution is 6.30. The van der Waals surface area contributed by atoms with Crippen molar-refractivity contribution in [1.29, 1.82) is 0 Å². The molecule has 0 saturated heterocycles. The molecule has 0 heterocycles. The molecule has 2 unspecified atom stereocenters. The van der Waals surface area contributed by atoms with Gasteiger partial charge in [0, 0.05) is 6.04 Å². The van der Waals surface area contributed by atoms with Crippen molar-refractivity contribution in [3.8, 4) is 0 Å². The standard InChI is InChI=1S/C16H15ClFN/c17-14-6-5-11(8-15(14)18)16(19)9-12-7-10-3-1-2-4-13(10)12/h1-6,8,12,16H,7,9,19H2. The van der Waals surface area contributed by atoms with Crippen LogP contribution in [0.5, 0.6) is 0 Å². The van der Waals surface area contributed by atoms with Crippen LogP contribution < -0.4 is 5.73 Å². The summed E-state index contributed by atoms with van der Waals surface area (Å²) < 4.78 is 13.4. The molecule has 2 aromatic rings. The fraction of sp³-hybridized carbons (Fsp3) is 0.250. The maximum absolute atomic E-state index is 13.4. The Hall–Kier alpha value is -1.38. The van der Waals surface area contributed by atoms with Crippen LogP contribution in [-0.2, 0) is 6.42 Å². The Morgan fingerprint density at radius 1 is 1.26 bits per heavy atom. The maximum Gasteiger partial charge on any atom is 0.142 e. The van der Waals surface area contributed by atoms with Gasteiger partial charge in [0.15, 0.2) is 0 Å². The third-order valence-electron chi connectivity index (χ3n) is 3.87. The molecule has 0 spiro atoms. The minimum Gasteiger partial charge on any atom is -0.324 e. The van der Waals surface area contributed by atoms with Crippen LogP contribution in [0.3, 0.4) is 0 Å². The molecule has 2 aromatic carbocycles. The largest absolute Gasteiger partial charge is 0.324 e. The fourth-order valence-electron chi connectivity index (χ4n) is 2.76. The lowest BCUT2D eigenvalue weighted by atomic mass is 9.74. The quantitative estimate of drug-likeness (QED) is 0.892. The smallest absolute Gasteiger partial charge is 0.142 e. The number of nitrogens with two attached hydrogens (primary N) is 1. The van der Waals surface area contributed by atoms with E-state index < -0.39 is 5.82 Å². The van der Waals surface area contributed by atoms with Crippen molar-refractivity contribution in [3.05, 3.63) is 70.0 Å². The van der Waals surface area contributed by atoms with Gasteiger partial charge < -0.3 is 5.73 Å². The summed E-state index contributed by atoms with van der Waals surface area (Å²) in [6, 6.07) is 13.1. The number of hydrogen-bond acceptors (Lipinski definition) is 1. The van der Waals surface area contributed by atoms with E-state index in [0.717, 1.165) is 18.4 Å². The van der Waals surface area contributed by atoms with E-state index in [-0.39, 0.29) is 11.1 Å². The minimum absolute atomic E-state index is 0.143. The predicted octanol–water partition coefficient (Wildman–Crippen LogP) is 4.21. The first-order chi connectivity index (χ1) is 9.15. The summed E-state index contributed by atoms with van der Waals surface area (Å²) in [4.78, 5) is 0. The first-order valence-electron chi connectivity index (χ1n) is 6.43. The highest BCUT2D eigenvalue weighted by Gasteiger charge is 2.27. The number of hydrogen-bond donors (Lipinski definition) is 1. The van der Waals surface area contributed by atoms with Gasteiger partial charge in [-0.1, -0.05) is 41.9 Å². The zero-order valence-corrected chi connectivity index (χ0v) is 11.2. The van der Waals surface area contributed by atoms with Crippen LogP contribution in [0.1, 0.15) is 35.1 Å². The zero-order chi connectivity index (χ0) is 13.4. The predicted molar refractivity (Wildman–Crippen MR) is 75.8 cm³/mol. The number of fused-ring (bicyclic) bond motifs is 1. The molecule has 3 rings (SSSR count). The van der Waals surface area contributed by atoms with Crippen molar-refractivity contribution in [1.82, 2.24) is 0 Å². The molecule has 2 N–H and O–H groups in total. The van der Waals surface area contributed by atoms with Gasteiger partial charge in [0.2, 0.25) is 0 Å². The van der Waals surface area contributed by atoms with Gasteiger partial charge in [0.1, 0.15) is 5.82 Å². The topological polar surface area (TPSA) is 26.0 Å². The van der Waals surface area contributed by atoms with Gasteiger partial charge >= 0.3 is 0 Å². The zero-order valence-electron chi connectivity index (χ0n) is 10.4. The van der Waals surface area contributed by atoms with Crippen LogP contribution in [0.4, 0.5) is 4.39 Å². The van der Waals surface area contributed by atoms with Crippen LogP contribution in [0.15, 0.2) is 42.5 Å². The summed E-state index contributed by atoms with van der Waals surface area (Å²) in [5, 5.41) is 0.143. The molecule has 2 atom stereocenters. The third-order valence-corrected chi connectivity index (χ3v) is 4.18. The summed E-state index contributed by atoms with van der Waals surface area (Å²) in [5.74, 6) is 0.0913. The lowest BCUT2D eigenvalue weighted by Gasteiger charge is -2.32. The third kappa shape index (κ3) is 2.38. The van der Waals surface area contributed by atoms with Gasteiger partial charge in [-0.15, -0.1) is 0 Å². The van der Waals surface area contributed by atoms with E-state index in [2.05, 4.69) is 24.3 Å². The Bertz CT molecular complexity index is 611. The normalized spacial score (nSPS) is 18.6. The second kappa shape index (κ2) is 4.95. The van der Waals surface area contributed by atoms with Crippen molar-refractivity contribution >= 4 is 11.6 Å². The van der Waals surface area contributed by atoms with Gasteiger partial charge in [0.25, 0.3) is 0 Å².